The number of Topliss-reactive ketones (excluding diaryl/α,β-unsaturated/α-hetero) is 1. The summed E-state index contributed by atoms with van der Waals surface area (Å²) in [5.41, 5.74) is -1.56. The van der Waals surface area contributed by atoms with Crippen molar-refractivity contribution in [2.45, 2.75) is 18.7 Å². The van der Waals surface area contributed by atoms with Gasteiger partial charge < -0.3 is 5.32 Å². The van der Waals surface area contributed by atoms with Crippen molar-refractivity contribution in [3.8, 4) is 0 Å². The highest BCUT2D eigenvalue weighted by Crippen LogP contribution is 3.02. The van der Waals surface area contributed by atoms with Crippen molar-refractivity contribution in [3.63, 3.8) is 0 Å². The van der Waals surface area contributed by atoms with E-state index in [9.17, 15) is 29.0 Å². The zero-order chi connectivity index (χ0) is 16.7. The molecule has 0 heterocycles. The molecule has 1 amide bonds. The molecule has 0 saturated carbocycles. The van der Waals surface area contributed by atoms with Gasteiger partial charge in [-0.25, -0.2) is 0 Å². The van der Waals surface area contributed by atoms with Crippen molar-refractivity contribution in [2.75, 3.05) is 10.6 Å². The number of rotatable bonds is 4. The lowest BCUT2D eigenvalue weighted by atomic mass is 10.0. The second-order valence-electron chi connectivity index (χ2n) is 4.37. The summed E-state index contributed by atoms with van der Waals surface area (Å²) in [5.74, 6) is -1.55. The number of aryl methyl sites for hydroxylation is 1. The maximum absolute atomic E-state index is 13.0. The fourth-order valence-electron chi connectivity index (χ4n) is 1.66. The molecule has 0 fully saturated rings. The fourth-order valence-corrected chi connectivity index (χ4v) is 2.89. The monoisotopic (exact) mass is 395 g/mol. The van der Waals surface area contributed by atoms with E-state index in [1.54, 1.807) is 5.32 Å². The number of carbonyl (C=O) groups excluding carboxylic acids is 2. The molecular weight excluding hydrogens is 385 g/mol. The molecule has 0 saturated heterocycles. The van der Waals surface area contributed by atoms with Gasteiger partial charge in [-0.3, -0.25) is 9.59 Å². The van der Waals surface area contributed by atoms with Gasteiger partial charge in [-0.05, 0) is 24.6 Å². The first-order chi connectivity index (χ1) is 9.15. The van der Waals surface area contributed by atoms with Gasteiger partial charge in [0, 0.05) is 12.5 Å². The van der Waals surface area contributed by atoms with E-state index in [-0.39, 0.29) is 22.5 Å². The van der Waals surface area contributed by atoms with E-state index in [0.717, 1.165) is 13.8 Å². The van der Waals surface area contributed by atoms with Crippen molar-refractivity contribution in [2.24, 2.45) is 0 Å². The van der Waals surface area contributed by atoms with Gasteiger partial charge in [0.2, 0.25) is 5.91 Å². The van der Waals surface area contributed by atoms with Crippen molar-refractivity contribution in [3.05, 3.63) is 23.3 Å². The number of hydrogen-bond acceptors (Lipinski definition) is 2. The van der Waals surface area contributed by atoms with E-state index in [0.29, 0.717) is 6.07 Å². The van der Waals surface area contributed by atoms with Crippen LogP contribution in [0.4, 0.5) is 25.1 Å². The summed E-state index contributed by atoms with van der Waals surface area (Å²) < 4.78 is 65.0. The number of carbonyl (C=O) groups is 2. The summed E-state index contributed by atoms with van der Waals surface area (Å²) in [6.45, 7) is 1.99. The summed E-state index contributed by atoms with van der Waals surface area (Å²) in [4.78, 5) is 20.3. The first-order valence-corrected chi connectivity index (χ1v) is 8.48. The normalized spacial score (nSPS) is 15.0. The molecule has 0 unspecified atom stereocenters. The highest BCUT2D eigenvalue weighted by atomic mass is 79.9. The van der Waals surface area contributed by atoms with Crippen LogP contribution in [0.2, 0.25) is 0 Å². The molecule has 1 aromatic carbocycles. The lowest BCUT2D eigenvalue weighted by Gasteiger charge is -2.41. The Morgan fingerprint density at radius 1 is 1.19 bits per heavy atom. The molecule has 0 aliphatic carbocycles. The average molecular weight is 396 g/mol. The lowest BCUT2D eigenvalue weighted by molar-refractivity contribution is -0.114. The van der Waals surface area contributed by atoms with Gasteiger partial charge in [-0.15, -0.1) is 0 Å². The maximum Gasteiger partial charge on any atom is 0.312 e. The molecule has 0 aliphatic rings. The van der Waals surface area contributed by atoms with Crippen LogP contribution in [0.3, 0.4) is 0 Å². The van der Waals surface area contributed by atoms with Crippen molar-refractivity contribution >= 4 is 43.5 Å². The third-order valence-corrected chi connectivity index (χ3v) is 4.15. The van der Waals surface area contributed by atoms with Crippen LogP contribution in [0.25, 0.3) is 0 Å². The van der Waals surface area contributed by atoms with Gasteiger partial charge in [0.05, 0.1) is 11.0 Å². The maximum atomic E-state index is 13.0. The number of hydrogen-bond donors (Lipinski definition) is 1. The Morgan fingerprint density at radius 3 is 2.10 bits per heavy atom. The molecule has 3 nitrogen and oxygen atoms in total. The molecule has 1 N–H and O–H groups in total. The van der Waals surface area contributed by atoms with Gasteiger partial charge >= 0.3 is 10.2 Å². The van der Waals surface area contributed by atoms with Crippen LogP contribution >= 0.6 is 26.2 Å². The first-order valence-electron chi connectivity index (χ1n) is 5.41. The predicted octanol–water partition coefficient (Wildman–Crippen LogP) is 5.19. The second kappa shape index (κ2) is 4.67. The molecule has 0 aromatic heterocycles. The highest BCUT2D eigenvalue weighted by Gasteiger charge is 2.67. The Balaban J connectivity index is 3.71. The summed E-state index contributed by atoms with van der Waals surface area (Å²) in [6, 6.07) is 0.802. The molecule has 0 spiro atoms. The van der Waals surface area contributed by atoms with Crippen molar-refractivity contribution < 1.29 is 29.0 Å². The smallest absolute Gasteiger partial charge is 0.312 e. The van der Waals surface area contributed by atoms with Gasteiger partial charge in [0.15, 0.2) is 5.78 Å². The SMILES string of the molecule is CC(=O)Nc1cc(C(=O)CBr)c(C)cc1S(F)(F)(F)(F)F. The average Bonchev–Trinajstić information content (AvgIpc) is 2.26. The number of alkyl halides is 1. The van der Waals surface area contributed by atoms with E-state index in [2.05, 4.69) is 15.9 Å². The third kappa shape index (κ3) is 4.40. The highest BCUT2D eigenvalue weighted by molar-refractivity contribution is 9.09. The standard InChI is InChI=1S/C11H11BrF5NO2S/c1-6-3-11(21(13,14,15,16)17)9(18-7(2)19)4-8(6)10(20)5-12/h3-4H,5H2,1-2H3,(H,18,19). The zero-order valence-electron chi connectivity index (χ0n) is 10.9. The van der Waals surface area contributed by atoms with Crippen molar-refractivity contribution in [1.82, 2.24) is 0 Å². The van der Waals surface area contributed by atoms with E-state index in [4.69, 9.17) is 0 Å². The van der Waals surface area contributed by atoms with Crippen LogP contribution in [0.5, 0.6) is 0 Å². The Hall–Kier alpha value is -1.16. The Kier molecular flexibility index (Phi) is 3.98. The largest absolute Gasteiger partial charge is 0.325 e. The summed E-state index contributed by atoms with van der Waals surface area (Å²) in [6.07, 6.45) is 0. The molecule has 21 heavy (non-hydrogen) atoms. The van der Waals surface area contributed by atoms with Crippen LogP contribution in [0.15, 0.2) is 17.0 Å². The Morgan fingerprint density at radius 2 is 1.71 bits per heavy atom. The molecule has 120 valence electrons. The van der Waals surface area contributed by atoms with E-state index < -0.39 is 32.5 Å². The summed E-state index contributed by atoms with van der Waals surface area (Å²) in [5, 5.41) is 1.51. The Bertz CT molecular complexity index is 629. The van der Waals surface area contributed by atoms with Crippen LogP contribution in [0.1, 0.15) is 22.8 Å². The summed E-state index contributed by atoms with van der Waals surface area (Å²) in [7, 11) is -10.00. The number of amides is 1. The minimum atomic E-state index is -10.00. The molecular formula is C11H11BrF5NO2S. The minimum absolute atomic E-state index is 0.179. The van der Waals surface area contributed by atoms with E-state index in [1.807, 2.05) is 0 Å². The molecule has 0 bridgehead atoms. The number of benzene rings is 1. The summed E-state index contributed by atoms with van der Waals surface area (Å²) >= 11 is 2.84. The third-order valence-electron chi connectivity index (χ3n) is 2.47. The molecule has 10 heteroatoms. The second-order valence-corrected chi connectivity index (χ2v) is 7.31. The molecule has 1 aromatic rings. The molecule has 0 radical (unpaired) electrons. The molecule has 1 rings (SSSR count). The fraction of sp³-hybridized carbons (Fsp3) is 0.273. The van der Waals surface area contributed by atoms with Gasteiger partial charge in [-0.1, -0.05) is 35.4 Å². The van der Waals surface area contributed by atoms with E-state index in [1.165, 1.54) is 0 Å². The predicted molar refractivity (Wildman–Crippen MR) is 75.0 cm³/mol. The zero-order valence-corrected chi connectivity index (χ0v) is 13.3. The van der Waals surface area contributed by atoms with Crippen LogP contribution in [0, 0.1) is 6.92 Å². The number of nitrogens with one attached hydrogen (secondary N) is 1. The first kappa shape index (κ1) is 17.9. The van der Waals surface area contributed by atoms with Gasteiger partial charge in [0.1, 0.15) is 4.90 Å². The lowest BCUT2D eigenvalue weighted by Crippen LogP contribution is -2.16. The Labute approximate surface area is 125 Å². The molecule has 0 aliphatic heterocycles. The number of halogens is 6. The molecule has 0 atom stereocenters. The van der Waals surface area contributed by atoms with Crippen LogP contribution in [-0.4, -0.2) is 17.0 Å². The number of ketones is 1. The minimum Gasteiger partial charge on any atom is -0.325 e. The quantitative estimate of drug-likeness (QED) is 0.433. The van der Waals surface area contributed by atoms with E-state index >= 15 is 0 Å². The van der Waals surface area contributed by atoms with Crippen LogP contribution in [-0.2, 0) is 4.79 Å². The van der Waals surface area contributed by atoms with Crippen LogP contribution < -0.4 is 5.32 Å². The topological polar surface area (TPSA) is 46.2 Å². The number of anilines is 1. The van der Waals surface area contributed by atoms with Gasteiger partial charge in [-0.2, -0.15) is 0 Å². The van der Waals surface area contributed by atoms with Crippen molar-refractivity contribution in [1.29, 1.82) is 0 Å². The van der Waals surface area contributed by atoms with Gasteiger partial charge in [0.25, 0.3) is 0 Å².